The number of rotatable bonds is 13. The number of amides is 3. The number of carbonyl (C=O) groups is 3. The average Bonchev–Trinajstić information content (AvgIpc) is 3.03. The molecule has 0 fully saturated rings. The lowest BCUT2D eigenvalue weighted by Crippen LogP contribution is -2.52. The van der Waals surface area contributed by atoms with Crippen molar-refractivity contribution in [3.8, 4) is 11.1 Å². The fourth-order valence-corrected chi connectivity index (χ4v) is 6.77. The van der Waals surface area contributed by atoms with E-state index in [9.17, 15) is 32.7 Å². The third-order valence-corrected chi connectivity index (χ3v) is 9.05. The van der Waals surface area contributed by atoms with E-state index in [0.717, 1.165) is 40.1 Å². The Balaban J connectivity index is 1.50. The Kier molecular flexibility index (Phi) is 12.4. The molecule has 260 valence electrons. The van der Waals surface area contributed by atoms with Crippen LogP contribution in [0, 0.1) is 0 Å². The largest absolute Gasteiger partial charge is 0.417 e. The van der Waals surface area contributed by atoms with Gasteiger partial charge in [-0.05, 0) is 43.0 Å². The lowest BCUT2D eigenvalue weighted by atomic mass is 9.97. The summed E-state index contributed by atoms with van der Waals surface area (Å²) in [6.45, 7) is 5.71. The first-order chi connectivity index (χ1) is 22.7. The normalized spacial score (nSPS) is 17.4. The molecule has 2 heterocycles. The zero-order valence-corrected chi connectivity index (χ0v) is 27.9. The topological polar surface area (TPSA) is 143 Å². The third-order valence-electron chi connectivity index (χ3n) is 7.85. The molecule has 2 aliphatic heterocycles. The molecule has 48 heavy (non-hydrogen) atoms. The molecule has 2 aromatic rings. The van der Waals surface area contributed by atoms with Gasteiger partial charge in [-0.15, -0.1) is 11.8 Å². The highest BCUT2D eigenvalue weighted by atomic mass is 32.2. The van der Waals surface area contributed by atoms with Crippen molar-refractivity contribution in [2.24, 2.45) is 0 Å². The van der Waals surface area contributed by atoms with Gasteiger partial charge in [0.15, 0.2) is 0 Å². The van der Waals surface area contributed by atoms with Gasteiger partial charge in [0.05, 0.1) is 24.0 Å². The lowest BCUT2D eigenvalue weighted by molar-refractivity contribution is -0.127. The van der Waals surface area contributed by atoms with Crippen LogP contribution in [0.15, 0.2) is 70.8 Å². The SMILES string of the molecule is C[C@@H](O)CNC(C)(C)CC(=O)N[C@@H]1CSC2=C(C1=O)N(Cc1ccc(-c3ccccc3CNC(=O)NCCO)cc1)CC=C2C(F)(F)F. The number of hydrogen-bond acceptors (Lipinski definition) is 8. The van der Waals surface area contributed by atoms with Crippen LogP contribution in [0.25, 0.3) is 11.1 Å². The van der Waals surface area contributed by atoms with E-state index in [-0.39, 0.29) is 62.1 Å². The van der Waals surface area contributed by atoms with Crippen molar-refractivity contribution < 1.29 is 37.8 Å². The number of benzene rings is 2. The number of allylic oxidation sites excluding steroid dienone is 1. The quantitative estimate of drug-likeness (QED) is 0.188. The van der Waals surface area contributed by atoms with Crippen molar-refractivity contribution >= 4 is 29.5 Å². The first-order valence-electron chi connectivity index (χ1n) is 15.6. The van der Waals surface area contributed by atoms with Crippen LogP contribution in [0.4, 0.5) is 18.0 Å². The van der Waals surface area contributed by atoms with Crippen LogP contribution in [0.2, 0.25) is 0 Å². The number of β-amino-alcohol motifs (C(OH)–C–C–N with tert-alkyl or cyclic N) is 1. The molecule has 0 bridgehead atoms. The van der Waals surface area contributed by atoms with Crippen LogP contribution in [-0.2, 0) is 22.7 Å². The van der Waals surface area contributed by atoms with Gasteiger partial charge in [0.2, 0.25) is 11.7 Å². The van der Waals surface area contributed by atoms with Gasteiger partial charge in [-0.3, -0.25) is 9.59 Å². The highest BCUT2D eigenvalue weighted by Gasteiger charge is 2.45. The molecule has 0 aromatic heterocycles. The number of thioether (sulfide) groups is 1. The highest BCUT2D eigenvalue weighted by Crippen LogP contribution is 2.44. The minimum absolute atomic E-state index is 0.0000594. The van der Waals surface area contributed by atoms with E-state index in [0.29, 0.717) is 0 Å². The molecule has 0 aliphatic carbocycles. The summed E-state index contributed by atoms with van der Waals surface area (Å²) in [6.07, 6.45) is -4.16. The van der Waals surface area contributed by atoms with Gasteiger partial charge in [-0.25, -0.2) is 4.79 Å². The predicted octanol–water partition coefficient (Wildman–Crippen LogP) is 3.60. The third kappa shape index (κ3) is 9.84. The zero-order chi connectivity index (χ0) is 35.1. The smallest absolute Gasteiger partial charge is 0.395 e. The molecule has 2 atom stereocenters. The van der Waals surface area contributed by atoms with E-state index in [1.165, 1.54) is 0 Å². The number of hydrogen-bond donors (Lipinski definition) is 6. The monoisotopic (exact) mass is 689 g/mol. The summed E-state index contributed by atoms with van der Waals surface area (Å²) in [7, 11) is 0. The molecule has 0 saturated heterocycles. The number of ketones is 1. The van der Waals surface area contributed by atoms with Crippen molar-refractivity contribution in [1.29, 1.82) is 0 Å². The fraction of sp³-hybridized carbons (Fsp3) is 0.441. The van der Waals surface area contributed by atoms with Gasteiger partial charge in [0.1, 0.15) is 6.04 Å². The summed E-state index contributed by atoms with van der Waals surface area (Å²) in [5.41, 5.74) is 1.79. The van der Waals surface area contributed by atoms with Crippen molar-refractivity contribution in [1.82, 2.24) is 26.2 Å². The maximum absolute atomic E-state index is 14.0. The maximum atomic E-state index is 14.0. The number of nitrogens with zero attached hydrogens (tertiary/aromatic N) is 1. The number of nitrogens with one attached hydrogen (secondary N) is 4. The van der Waals surface area contributed by atoms with E-state index in [1.807, 2.05) is 48.5 Å². The number of carbonyl (C=O) groups excluding carboxylic acids is 3. The second kappa shape index (κ2) is 16.0. The number of alkyl halides is 3. The van der Waals surface area contributed by atoms with Crippen LogP contribution >= 0.6 is 11.8 Å². The second-order valence-electron chi connectivity index (χ2n) is 12.4. The minimum atomic E-state index is -4.64. The van der Waals surface area contributed by atoms with Crippen LogP contribution in [0.5, 0.6) is 0 Å². The Labute approximate surface area is 282 Å². The van der Waals surface area contributed by atoms with Crippen molar-refractivity contribution in [2.45, 2.75) is 64.1 Å². The Morgan fingerprint density at radius 2 is 1.79 bits per heavy atom. The Morgan fingerprint density at radius 3 is 2.46 bits per heavy atom. The summed E-state index contributed by atoms with van der Waals surface area (Å²) in [5.74, 6) is -1.02. The number of urea groups is 1. The van der Waals surface area contributed by atoms with E-state index in [1.54, 1.807) is 25.7 Å². The zero-order valence-electron chi connectivity index (χ0n) is 27.1. The molecule has 2 aliphatic rings. The van der Waals surface area contributed by atoms with Crippen molar-refractivity contribution in [3.63, 3.8) is 0 Å². The molecule has 6 N–H and O–H groups in total. The van der Waals surface area contributed by atoms with Crippen LogP contribution in [0.3, 0.4) is 0 Å². The molecule has 0 radical (unpaired) electrons. The van der Waals surface area contributed by atoms with Gasteiger partial charge >= 0.3 is 12.2 Å². The van der Waals surface area contributed by atoms with E-state index >= 15 is 0 Å². The van der Waals surface area contributed by atoms with E-state index in [2.05, 4.69) is 21.3 Å². The maximum Gasteiger partial charge on any atom is 0.417 e. The number of Topliss-reactive ketones (excluding diaryl/α,β-unsaturated/α-hetero) is 1. The Hall–Kier alpha value is -3.85. The molecule has 4 rings (SSSR count). The average molecular weight is 690 g/mol. The van der Waals surface area contributed by atoms with Gasteiger partial charge in [-0.1, -0.05) is 54.6 Å². The highest BCUT2D eigenvalue weighted by molar-refractivity contribution is 8.03. The fourth-order valence-electron chi connectivity index (χ4n) is 5.48. The summed E-state index contributed by atoms with van der Waals surface area (Å²) in [4.78, 5) is 40.2. The summed E-state index contributed by atoms with van der Waals surface area (Å²) < 4.78 is 42.1. The van der Waals surface area contributed by atoms with Crippen molar-refractivity contribution in [3.05, 3.63) is 81.9 Å². The molecule has 3 amide bonds. The molecule has 10 nitrogen and oxygen atoms in total. The minimum Gasteiger partial charge on any atom is -0.395 e. The first kappa shape index (κ1) is 37.0. The van der Waals surface area contributed by atoms with Gasteiger partial charge < -0.3 is 36.4 Å². The molecular weight excluding hydrogens is 647 g/mol. The predicted molar refractivity (Wildman–Crippen MR) is 179 cm³/mol. The number of halogens is 3. The Bertz CT molecular complexity index is 1540. The van der Waals surface area contributed by atoms with Crippen LogP contribution in [0.1, 0.15) is 38.3 Å². The second-order valence-corrected chi connectivity index (χ2v) is 13.5. The standard InChI is InChI=1S/C34H42F3N5O5S/c1-21(44)17-40-33(2,3)16-28(45)41-27-20-48-31-26(34(35,36)37)12-14-42(29(31)30(27)46)19-22-8-10-23(11-9-22)25-7-5-4-6-24(25)18-39-32(47)38-13-15-43/h4-12,21,27,40,43-44H,13-20H2,1-3H3,(H,41,45)(H2,38,39,47)/t21-,27-/m1/s1. The number of aliphatic hydroxyl groups is 2. The molecule has 2 aromatic carbocycles. The van der Waals surface area contributed by atoms with E-state index in [4.69, 9.17) is 5.11 Å². The number of aliphatic hydroxyl groups excluding tert-OH is 2. The summed E-state index contributed by atoms with van der Waals surface area (Å²) >= 11 is 0.913. The first-order valence-corrected chi connectivity index (χ1v) is 16.6. The molecule has 0 saturated carbocycles. The molecule has 14 heteroatoms. The molecular formula is C34H42F3N5O5S. The van der Waals surface area contributed by atoms with Gasteiger partial charge in [-0.2, -0.15) is 13.2 Å². The van der Waals surface area contributed by atoms with Crippen LogP contribution < -0.4 is 21.3 Å². The lowest BCUT2D eigenvalue weighted by Gasteiger charge is -2.38. The van der Waals surface area contributed by atoms with Crippen LogP contribution in [-0.4, -0.2) is 88.7 Å². The van der Waals surface area contributed by atoms with E-state index < -0.39 is 47.2 Å². The Morgan fingerprint density at radius 1 is 1.08 bits per heavy atom. The van der Waals surface area contributed by atoms with Gasteiger partial charge in [0, 0.05) is 55.3 Å². The molecule has 0 unspecified atom stereocenters. The summed E-state index contributed by atoms with van der Waals surface area (Å²) in [5, 5.41) is 29.6. The van der Waals surface area contributed by atoms with Crippen molar-refractivity contribution in [2.75, 3.05) is 32.0 Å². The summed E-state index contributed by atoms with van der Waals surface area (Å²) in [6, 6.07) is 13.6. The molecule has 0 spiro atoms. The van der Waals surface area contributed by atoms with Gasteiger partial charge in [0.25, 0.3) is 0 Å².